The average Bonchev–Trinajstić information content (AvgIpc) is 2.80. The van der Waals surface area contributed by atoms with Crippen molar-refractivity contribution in [1.29, 1.82) is 0 Å². The number of carbonyl (C=O) groups excluding carboxylic acids is 1. The summed E-state index contributed by atoms with van der Waals surface area (Å²) in [6.07, 6.45) is 2.11. The van der Waals surface area contributed by atoms with Gasteiger partial charge in [-0.05, 0) is 54.7 Å². The van der Waals surface area contributed by atoms with Gasteiger partial charge in [0.05, 0.1) is 20.8 Å². The molecule has 0 radical (unpaired) electrons. The number of hydrogen-bond acceptors (Lipinski definition) is 5. The van der Waals surface area contributed by atoms with Crippen LogP contribution in [-0.4, -0.2) is 69.2 Å². The lowest BCUT2D eigenvalue weighted by Gasteiger charge is -2.36. The second-order valence-corrected chi connectivity index (χ2v) is 8.46. The number of carbonyl (C=O) groups is 1. The minimum absolute atomic E-state index is 0.219. The summed E-state index contributed by atoms with van der Waals surface area (Å²) in [5, 5.41) is 0. The van der Waals surface area contributed by atoms with Gasteiger partial charge in [-0.3, -0.25) is 14.6 Å². The molecule has 6 heteroatoms. The molecule has 0 bridgehead atoms. The van der Waals surface area contributed by atoms with Crippen LogP contribution >= 0.6 is 0 Å². The van der Waals surface area contributed by atoms with Crippen LogP contribution in [0.25, 0.3) is 0 Å². The summed E-state index contributed by atoms with van der Waals surface area (Å²) in [6, 6.07) is 12.4. The van der Waals surface area contributed by atoms with E-state index in [0.717, 1.165) is 69.3 Å². The van der Waals surface area contributed by atoms with Crippen LogP contribution in [0.5, 0.6) is 11.5 Å². The van der Waals surface area contributed by atoms with E-state index in [1.165, 1.54) is 16.7 Å². The maximum absolute atomic E-state index is 13.0. The molecule has 2 aliphatic heterocycles. The first-order valence-corrected chi connectivity index (χ1v) is 11.1. The van der Waals surface area contributed by atoms with E-state index in [2.05, 4.69) is 41.0 Å². The third-order valence-electron chi connectivity index (χ3n) is 6.47. The average molecular weight is 424 g/mol. The standard InChI is InChI=1S/C25H33N3O3/c1-19-15-23(30-2)24(31-3)16-21(19)17-26-11-13-27(14-12-26)18-25(29)28-10-6-8-20-7-4-5-9-22(20)28/h4-5,7,9,15-16H,6,8,10-14,17-18H2,1-3H3. The Hall–Kier alpha value is -2.57. The Labute approximate surface area is 185 Å². The number of nitrogens with zero attached hydrogens (tertiary/aromatic N) is 3. The number of para-hydroxylation sites is 1. The summed E-state index contributed by atoms with van der Waals surface area (Å²) in [5.74, 6) is 1.76. The third-order valence-corrected chi connectivity index (χ3v) is 6.47. The largest absolute Gasteiger partial charge is 0.493 e. The normalized spacial score (nSPS) is 17.3. The Balaban J connectivity index is 1.32. The Morgan fingerprint density at radius 1 is 0.935 bits per heavy atom. The summed E-state index contributed by atoms with van der Waals surface area (Å²) in [7, 11) is 3.34. The molecule has 1 saturated heterocycles. The van der Waals surface area contributed by atoms with Gasteiger partial charge in [-0.2, -0.15) is 0 Å². The highest BCUT2D eigenvalue weighted by atomic mass is 16.5. The molecule has 2 aliphatic rings. The van der Waals surface area contributed by atoms with E-state index >= 15 is 0 Å². The molecule has 0 aromatic heterocycles. The van der Waals surface area contributed by atoms with Crippen LogP contribution in [-0.2, 0) is 17.8 Å². The minimum Gasteiger partial charge on any atom is -0.493 e. The first kappa shape index (κ1) is 21.7. The molecular formula is C25H33N3O3. The molecule has 0 N–H and O–H groups in total. The molecule has 6 nitrogen and oxygen atoms in total. The molecule has 2 heterocycles. The van der Waals surface area contributed by atoms with Crippen molar-refractivity contribution in [2.24, 2.45) is 0 Å². The van der Waals surface area contributed by atoms with Gasteiger partial charge in [0.2, 0.25) is 5.91 Å². The number of piperazine rings is 1. The Morgan fingerprint density at radius 3 is 2.35 bits per heavy atom. The molecule has 0 atom stereocenters. The summed E-state index contributed by atoms with van der Waals surface area (Å²) in [6.45, 7) is 8.05. The minimum atomic E-state index is 0.219. The van der Waals surface area contributed by atoms with Gasteiger partial charge in [0, 0.05) is 45.0 Å². The van der Waals surface area contributed by atoms with E-state index in [1.54, 1.807) is 14.2 Å². The van der Waals surface area contributed by atoms with Crippen molar-refractivity contribution in [3.05, 3.63) is 53.1 Å². The van der Waals surface area contributed by atoms with Crippen molar-refractivity contribution < 1.29 is 14.3 Å². The van der Waals surface area contributed by atoms with Crippen LogP contribution in [0.4, 0.5) is 5.69 Å². The smallest absolute Gasteiger partial charge is 0.241 e. The lowest BCUT2D eigenvalue weighted by atomic mass is 10.0. The maximum atomic E-state index is 13.0. The number of amides is 1. The van der Waals surface area contributed by atoms with Crippen LogP contribution in [0, 0.1) is 6.92 Å². The maximum Gasteiger partial charge on any atom is 0.241 e. The number of ether oxygens (including phenoxy) is 2. The molecule has 1 fully saturated rings. The highest BCUT2D eigenvalue weighted by Crippen LogP contribution is 2.31. The van der Waals surface area contributed by atoms with Crippen LogP contribution in [0.15, 0.2) is 36.4 Å². The van der Waals surface area contributed by atoms with Gasteiger partial charge in [-0.1, -0.05) is 18.2 Å². The number of aryl methyl sites for hydroxylation is 2. The Kier molecular flexibility index (Phi) is 6.78. The van der Waals surface area contributed by atoms with Crippen LogP contribution in [0.1, 0.15) is 23.1 Å². The van der Waals surface area contributed by atoms with Crippen molar-refractivity contribution in [2.75, 3.05) is 58.4 Å². The fourth-order valence-electron chi connectivity index (χ4n) is 4.61. The molecule has 166 valence electrons. The van der Waals surface area contributed by atoms with Gasteiger partial charge in [0.1, 0.15) is 0 Å². The molecule has 31 heavy (non-hydrogen) atoms. The summed E-state index contributed by atoms with van der Waals surface area (Å²) >= 11 is 0. The molecule has 1 amide bonds. The van der Waals surface area contributed by atoms with E-state index in [1.807, 2.05) is 17.0 Å². The predicted octanol–water partition coefficient (Wildman–Crippen LogP) is 3.11. The number of benzene rings is 2. The van der Waals surface area contributed by atoms with Crippen molar-refractivity contribution in [1.82, 2.24) is 9.80 Å². The van der Waals surface area contributed by atoms with Crippen LogP contribution < -0.4 is 14.4 Å². The van der Waals surface area contributed by atoms with E-state index in [-0.39, 0.29) is 5.91 Å². The zero-order chi connectivity index (χ0) is 21.8. The molecule has 2 aromatic carbocycles. The Morgan fingerprint density at radius 2 is 1.61 bits per heavy atom. The molecule has 0 saturated carbocycles. The van der Waals surface area contributed by atoms with Crippen LogP contribution in [0.2, 0.25) is 0 Å². The highest BCUT2D eigenvalue weighted by molar-refractivity contribution is 5.95. The second kappa shape index (κ2) is 9.71. The SMILES string of the molecule is COc1cc(C)c(CN2CCN(CC(=O)N3CCCc4ccccc43)CC2)cc1OC. The molecule has 4 rings (SSSR count). The first-order chi connectivity index (χ1) is 15.1. The number of methoxy groups -OCH3 is 2. The fraction of sp³-hybridized carbons (Fsp3) is 0.480. The zero-order valence-electron chi connectivity index (χ0n) is 18.9. The summed E-state index contributed by atoms with van der Waals surface area (Å²) < 4.78 is 10.9. The predicted molar refractivity (Wildman–Crippen MR) is 123 cm³/mol. The van der Waals surface area contributed by atoms with E-state index in [9.17, 15) is 4.79 Å². The number of fused-ring (bicyclic) bond motifs is 1. The number of rotatable bonds is 6. The first-order valence-electron chi connectivity index (χ1n) is 11.1. The van der Waals surface area contributed by atoms with Gasteiger partial charge >= 0.3 is 0 Å². The summed E-state index contributed by atoms with van der Waals surface area (Å²) in [4.78, 5) is 19.7. The van der Waals surface area contributed by atoms with Gasteiger partial charge in [-0.15, -0.1) is 0 Å². The number of anilines is 1. The molecule has 0 aliphatic carbocycles. The Bertz CT molecular complexity index is 922. The van der Waals surface area contributed by atoms with Crippen molar-refractivity contribution in [3.63, 3.8) is 0 Å². The molecular weight excluding hydrogens is 390 g/mol. The fourth-order valence-corrected chi connectivity index (χ4v) is 4.61. The van der Waals surface area contributed by atoms with Gasteiger partial charge in [0.15, 0.2) is 11.5 Å². The zero-order valence-corrected chi connectivity index (χ0v) is 18.9. The number of hydrogen-bond donors (Lipinski definition) is 0. The van der Waals surface area contributed by atoms with Gasteiger partial charge < -0.3 is 14.4 Å². The third kappa shape index (κ3) is 4.86. The van der Waals surface area contributed by atoms with E-state index < -0.39 is 0 Å². The summed E-state index contributed by atoms with van der Waals surface area (Å²) in [5.41, 5.74) is 4.85. The second-order valence-electron chi connectivity index (χ2n) is 8.46. The molecule has 0 spiro atoms. The van der Waals surface area contributed by atoms with Gasteiger partial charge in [0.25, 0.3) is 0 Å². The highest BCUT2D eigenvalue weighted by Gasteiger charge is 2.26. The van der Waals surface area contributed by atoms with E-state index in [0.29, 0.717) is 6.54 Å². The monoisotopic (exact) mass is 423 g/mol. The van der Waals surface area contributed by atoms with Gasteiger partial charge in [-0.25, -0.2) is 0 Å². The molecule has 2 aromatic rings. The van der Waals surface area contributed by atoms with Crippen molar-refractivity contribution >= 4 is 11.6 Å². The quantitative estimate of drug-likeness (QED) is 0.715. The van der Waals surface area contributed by atoms with Crippen molar-refractivity contribution in [2.45, 2.75) is 26.3 Å². The van der Waals surface area contributed by atoms with Crippen molar-refractivity contribution in [3.8, 4) is 11.5 Å². The van der Waals surface area contributed by atoms with E-state index in [4.69, 9.17) is 9.47 Å². The van der Waals surface area contributed by atoms with Crippen LogP contribution in [0.3, 0.4) is 0 Å². The molecule has 0 unspecified atom stereocenters. The lowest BCUT2D eigenvalue weighted by molar-refractivity contribution is -0.120. The topological polar surface area (TPSA) is 45.2 Å². The lowest BCUT2D eigenvalue weighted by Crippen LogP contribution is -2.50.